The van der Waals surface area contributed by atoms with Gasteiger partial charge in [0.1, 0.15) is 6.54 Å². The molecular formula is C17H20N2O5S. The molecule has 0 aliphatic carbocycles. The van der Waals surface area contributed by atoms with Crippen LogP contribution in [0.5, 0.6) is 0 Å². The Bertz CT molecular complexity index is 902. The molecule has 1 aromatic heterocycles. The molecule has 0 N–H and O–H groups in total. The fourth-order valence-corrected chi connectivity index (χ4v) is 3.07. The van der Waals surface area contributed by atoms with Crippen LogP contribution in [0.1, 0.15) is 31.1 Å². The quantitative estimate of drug-likeness (QED) is 0.779. The number of hydrogen-bond acceptors (Lipinski definition) is 6. The van der Waals surface area contributed by atoms with Gasteiger partial charge in [0.25, 0.3) is 5.91 Å². The monoisotopic (exact) mass is 364 g/mol. The van der Waals surface area contributed by atoms with Gasteiger partial charge in [-0.25, -0.2) is 4.79 Å². The van der Waals surface area contributed by atoms with E-state index in [0.717, 1.165) is 0 Å². The van der Waals surface area contributed by atoms with E-state index < -0.39 is 17.4 Å². The van der Waals surface area contributed by atoms with Crippen molar-refractivity contribution in [3.63, 3.8) is 0 Å². The summed E-state index contributed by atoms with van der Waals surface area (Å²) in [5, 5.41) is 0. The molecule has 8 heteroatoms. The first-order valence-corrected chi connectivity index (χ1v) is 8.36. The van der Waals surface area contributed by atoms with Gasteiger partial charge in [0.15, 0.2) is 4.80 Å². The number of carbonyl (C=O) groups excluding carboxylic acids is 3. The van der Waals surface area contributed by atoms with Gasteiger partial charge in [-0.15, -0.1) is 0 Å². The lowest BCUT2D eigenvalue weighted by atomic mass is 9.96. The van der Waals surface area contributed by atoms with Crippen LogP contribution in [0.15, 0.2) is 23.2 Å². The van der Waals surface area contributed by atoms with Crippen molar-refractivity contribution in [2.24, 2.45) is 10.4 Å². The van der Waals surface area contributed by atoms with Gasteiger partial charge < -0.3 is 14.0 Å². The summed E-state index contributed by atoms with van der Waals surface area (Å²) < 4.78 is 11.8. The number of hydrogen-bond donors (Lipinski definition) is 0. The van der Waals surface area contributed by atoms with E-state index in [1.54, 1.807) is 43.5 Å². The SMILES string of the molecule is COC(=O)Cn1c(=NC(=O)C(C)(C)C)sc2cc(C(=O)OC)ccc21. The predicted octanol–water partition coefficient (Wildman–Crippen LogP) is 2.14. The molecule has 0 aliphatic heterocycles. The zero-order chi connectivity index (χ0) is 18.8. The van der Waals surface area contributed by atoms with Crippen LogP contribution in [0, 0.1) is 5.41 Å². The molecule has 1 aromatic carbocycles. The predicted molar refractivity (Wildman–Crippen MR) is 93.2 cm³/mol. The number of nitrogens with zero attached hydrogens (tertiary/aromatic N) is 2. The fraction of sp³-hybridized carbons (Fsp3) is 0.412. The van der Waals surface area contributed by atoms with Crippen molar-refractivity contribution in [1.29, 1.82) is 0 Å². The molecule has 25 heavy (non-hydrogen) atoms. The van der Waals surface area contributed by atoms with E-state index in [-0.39, 0.29) is 12.5 Å². The Morgan fingerprint density at radius 1 is 1.16 bits per heavy atom. The minimum atomic E-state index is -0.642. The third kappa shape index (κ3) is 4.14. The number of carbonyl (C=O) groups is 3. The Balaban J connectivity index is 2.67. The van der Waals surface area contributed by atoms with Crippen molar-refractivity contribution >= 4 is 39.4 Å². The summed E-state index contributed by atoms with van der Waals surface area (Å²) >= 11 is 1.22. The summed E-state index contributed by atoms with van der Waals surface area (Å²) in [6.45, 7) is 5.23. The highest BCUT2D eigenvalue weighted by molar-refractivity contribution is 7.16. The molecule has 2 aromatic rings. The molecule has 0 aliphatic rings. The van der Waals surface area contributed by atoms with E-state index >= 15 is 0 Å². The second kappa shape index (κ2) is 7.18. The van der Waals surface area contributed by atoms with Crippen molar-refractivity contribution in [3.8, 4) is 0 Å². The molecule has 1 heterocycles. The van der Waals surface area contributed by atoms with Crippen molar-refractivity contribution < 1.29 is 23.9 Å². The maximum absolute atomic E-state index is 12.3. The highest BCUT2D eigenvalue weighted by Gasteiger charge is 2.22. The largest absolute Gasteiger partial charge is 0.468 e. The third-order valence-corrected chi connectivity index (χ3v) is 4.50. The maximum atomic E-state index is 12.3. The molecule has 0 bridgehead atoms. The molecule has 1 amide bonds. The first-order valence-electron chi connectivity index (χ1n) is 7.55. The molecule has 0 spiro atoms. The Hall–Kier alpha value is -2.48. The molecule has 2 rings (SSSR count). The van der Waals surface area contributed by atoms with Crippen molar-refractivity contribution in [1.82, 2.24) is 4.57 Å². The number of methoxy groups -OCH3 is 2. The average Bonchev–Trinajstić information content (AvgIpc) is 2.89. The van der Waals surface area contributed by atoms with Crippen LogP contribution in [-0.4, -0.2) is 36.6 Å². The summed E-state index contributed by atoms with van der Waals surface area (Å²) in [6.07, 6.45) is 0. The number of benzene rings is 1. The number of esters is 2. The molecule has 0 saturated heterocycles. The Morgan fingerprint density at radius 3 is 2.40 bits per heavy atom. The average molecular weight is 364 g/mol. The van der Waals surface area contributed by atoms with Crippen molar-refractivity contribution in [2.75, 3.05) is 14.2 Å². The van der Waals surface area contributed by atoms with Gasteiger partial charge in [0.2, 0.25) is 0 Å². The standard InChI is InChI=1S/C17H20N2O5S/c1-17(2,3)15(22)18-16-19(9-13(20)23-4)11-7-6-10(14(21)24-5)8-12(11)25-16/h6-8H,9H2,1-5H3. The van der Waals surface area contributed by atoms with Gasteiger partial charge in [-0.2, -0.15) is 4.99 Å². The van der Waals surface area contributed by atoms with Crippen LogP contribution in [-0.2, 0) is 25.6 Å². The van der Waals surface area contributed by atoms with Crippen LogP contribution in [0.4, 0.5) is 0 Å². The van der Waals surface area contributed by atoms with E-state index in [0.29, 0.717) is 20.6 Å². The van der Waals surface area contributed by atoms with Crippen LogP contribution in [0.3, 0.4) is 0 Å². The highest BCUT2D eigenvalue weighted by Crippen LogP contribution is 2.21. The van der Waals surface area contributed by atoms with Crippen LogP contribution in [0.25, 0.3) is 10.2 Å². The van der Waals surface area contributed by atoms with Gasteiger partial charge in [-0.3, -0.25) is 9.59 Å². The number of rotatable bonds is 3. The molecule has 0 unspecified atom stereocenters. The van der Waals surface area contributed by atoms with E-state index in [1.807, 2.05) is 0 Å². The smallest absolute Gasteiger partial charge is 0.337 e. The number of ether oxygens (including phenoxy) is 2. The lowest BCUT2D eigenvalue weighted by Gasteiger charge is -2.11. The van der Waals surface area contributed by atoms with Crippen LogP contribution in [0.2, 0.25) is 0 Å². The summed E-state index contributed by atoms with van der Waals surface area (Å²) in [6, 6.07) is 4.95. The number of amides is 1. The van der Waals surface area contributed by atoms with Crippen LogP contribution < -0.4 is 4.80 Å². The third-order valence-electron chi connectivity index (χ3n) is 3.46. The Kier molecular flexibility index (Phi) is 5.42. The Labute approximate surface area is 148 Å². The molecular weight excluding hydrogens is 344 g/mol. The lowest BCUT2D eigenvalue weighted by Crippen LogP contribution is -2.26. The molecule has 134 valence electrons. The molecule has 0 fully saturated rings. The number of fused-ring (bicyclic) bond motifs is 1. The van der Waals surface area contributed by atoms with Gasteiger partial charge >= 0.3 is 11.9 Å². The lowest BCUT2D eigenvalue weighted by molar-refractivity contribution is -0.141. The van der Waals surface area contributed by atoms with E-state index in [4.69, 9.17) is 9.47 Å². The number of aromatic nitrogens is 1. The molecule has 7 nitrogen and oxygen atoms in total. The fourth-order valence-electron chi connectivity index (χ4n) is 2.00. The summed E-state index contributed by atoms with van der Waals surface area (Å²) in [5.41, 5.74) is 0.426. The van der Waals surface area contributed by atoms with E-state index in [1.165, 1.54) is 25.6 Å². The first kappa shape index (κ1) is 18.9. The summed E-state index contributed by atoms with van der Waals surface area (Å²) in [7, 11) is 2.60. The van der Waals surface area contributed by atoms with Gasteiger partial charge in [0.05, 0.1) is 30.0 Å². The second-order valence-electron chi connectivity index (χ2n) is 6.39. The molecule has 0 radical (unpaired) electrons. The maximum Gasteiger partial charge on any atom is 0.337 e. The van der Waals surface area contributed by atoms with E-state index in [2.05, 4.69) is 4.99 Å². The second-order valence-corrected chi connectivity index (χ2v) is 7.40. The zero-order valence-electron chi connectivity index (χ0n) is 14.8. The topological polar surface area (TPSA) is 87.0 Å². The summed E-state index contributed by atoms with van der Waals surface area (Å²) in [4.78, 5) is 40.3. The normalized spacial score (nSPS) is 12.3. The summed E-state index contributed by atoms with van der Waals surface area (Å²) in [5.74, 6) is -1.22. The minimum absolute atomic E-state index is 0.0790. The van der Waals surface area contributed by atoms with Gasteiger partial charge in [-0.05, 0) is 18.2 Å². The minimum Gasteiger partial charge on any atom is -0.468 e. The highest BCUT2D eigenvalue weighted by atomic mass is 32.1. The molecule has 0 saturated carbocycles. The first-order chi connectivity index (χ1) is 11.7. The molecule has 0 atom stereocenters. The van der Waals surface area contributed by atoms with Crippen molar-refractivity contribution in [2.45, 2.75) is 27.3 Å². The Morgan fingerprint density at radius 2 is 1.84 bits per heavy atom. The zero-order valence-corrected chi connectivity index (χ0v) is 15.6. The van der Waals surface area contributed by atoms with Gasteiger partial charge in [-0.1, -0.05) is 32.1 Å². The van der Waals surface area contributed by atoms with E-state index in [9.17, 15) is 14.4 Å². The number of thiazole rings is 1. The van der Waals surface area contributed by atoms with Gasteiger partial charge in [0, 0.05) is 5.41 Å². The van der Waals surface area contributed by atoms with Crippen molar-refractivity contribution in [3.05, 3.63) is 28.6 Å². The van der Waals surface area contributed by atoms with Crippen LogP contribution >= 0.6 is 11.3 Å².